The number of aromatic nitrogens is 4. The van der Waals surface area contributed by atoms with Crippen LogP contribution in [0.15, 0.2) is 4.52 Å². The number of aryl methyl sites for hydroxylation is 2. The summed E-state index contributed by atoms with van der Waals surface area (Å²) in [6.07, 6.45) is 1.97. The van der Waals surface area contributed by atoms with E-state index in [1.54, 1.807) is 0 Å². The molecule has 160 valence electrons. The first kappa shape index (κ1) is 20.5. The Morgan fingerprint density at radius 1 is 1.30 bits per heavy atom. The Kier molecular flexibility index (Phi) is 5.59. The molecule has 0 N–H and O–H groups in total. The van der Waals surface area contributed by atoms with Crippen molar-refractivity contribution in [3.63, 3.8) is 0 Å². The van der Waals surface area contributed by atoms with E-state index in [4.69, 9.17) is 14.2 Å². The van der Waals surface area contributed by atoms with Gasteiger partial charge in [0.25, 0.3) is 5.95 Å². The highest BCUT2D eigenvalue weighted by Crippen LogP contribution is 2.38. The van der Waals surface area contributed by atoms with Gasteiger partial charge in [-0.3, -0.25) is 0 Å². The summed E-state index contributed by atoms with van der Waals surface area (Å²) in [6, 6.07) is 0. The molecule has 4 heterocycles. The van der Waals surface area contributed by atoms with E-state index in [9.17, 15) is 4.79 Å². The van der Waals surface area contributed by atoms with Crippen LogP contribution in [-0.4, -0.2) is 59.9 Å². The Balaban J connectivity index is 1.70. The third-order valence-electron chi connectivity index (χ3n) is 5.24. The predicted octanol–water partition coefficient (Wildman–Crippen LogP) is 3.32. The fourth-order valence-electron chi connectivity index (χ4n) is 3.79. The zero-order valence-electron chi connectivity index (χ0n) is 17.9. The highest BCUT2D eigenvalue weighted by atomic mass is 32.1. The molecule has 0 saturated carbocycles. The van der Waals surface area contributed by atoms with Crippen LogP contribution in [-0.2, 0) is 4.74 Å². The number of piperidine rings is 1. The van der Waals surface area contributed by atoms with Crippen LogP contribution in [0.25, 0.3) is 10.2 Å². The minimum atomic E-state index is -0.305. The summed E-state index contributed by atoms with van der Waals surface area (Å²) >= 11 is 1.37. The van der Waals surface area contributed by atoms with E-state index in [0.717, 1.165) is 47.5 Å². The Morgan fingerprint density at radius 2 is 2.10 bits per heavy atom. The third-order valence-corrected chi connectivity index (χ3v) is 6.41. The van der Waals surface area contributed by atoms with Gasteiger partial charge < -0.3 is 19.1 Å². The summed E-state index contributed by atoms with van der Waals surface area (Å²) in [5.41, 5.74) is 0.873. The van der Waals surface area contributed by atoms with Crippen molar-refractivity contribution in [1.29, 1.82) is 0 Å². The van der Waals surface area contributed by atoms with Gasteiger partial charge in [-0.25, -0.2) is 14.8 Å². The number of hydrogen-bond acceptors (Lipinski definition) is 10. The third kappa shape index (κ3) is 3.71. The van der Waals surface area contributed by atoms with E-state index < -0.39 is 0 Å². The molecule has 1 aliphatic rings. The molecule has 10 heteroatoms. The molecule has 0 aliphatic carbocycles. The number of hydrogen-bond donors (Lipinski definition) is 0. The summed E-state index contributed by atoms with van der Waals surface area (Å²) in [5.74, 6) is 2.60. The lowest BCUT2D eigenvalue weighted by molar-refractivity contribution is 0.0531. The number of carbonyl (C=O) groups is 1. The first-order chi connectivity index (χ1) is 14.4. The second-order valence-electron chi connectivity index (χ2n) is 7.66. The fourth-order valence-corrected chi connectivity index (χ4v) is 4.90. The van der Waals surface area contributed by atoms with Crippen molar-refractivity contribution < 1.29 is 14.1 Å². The zero-order chi connectivity index (χ0) is 21.4. The molecule has 0 aromatic carbocycles. The molecule has 9 nitrogen and oxygen atoms in total. The maximum Gasteiger partial charge on any atom is 0.348 e. The molecule has 3 aromatic rings. The number of fused-ring (bicyclic) bond motifs is 1. The van der Waals surface area contributed by atoms with Crippen LogP contribution >= 0.6 is 11.3 Å². The average Bonchev–Trinajstić information content (AvgIpc) is 3.33. The van der Waals surface area contributed by atoms with Gasteiger partial charge in [-0.2, -0.15) is 4.98 Å². The first-order valence-electron chi connectivity index (χ1n) is 10.1. The lowest BCUT2D eigenvalue weighted by Gasteiger charge is -2.32. The molecule has 1 unspecified atom stereocenters. The number of ether oxygens (including phenoxy) is 1. The molecule has 0 spiro atoms. The van der Waals surface area contributed by atoms with Gasteiger partial charge in [0.2, 0.25) is 5.89 Å². The van der Waals surface area contributed by atoms with Crippen LogP contribution in [0.4, 0.5) is 11.8 Å². The van der Waals surface area contributed by atoms with Gasteiger partial charge in [0.1, 0.15) is 21.3 Å². The SMILES string of the molecule is CCOC(=O)c1sc2nc(C)nc(N3CCCC(c4nc(N(C)C)no4)C3)c2c1C. The molecule has 1 fully saturated rings. The van der Waals surface area contributed by atoms with Crippen molar-refractivity contribution in [2.75, 3.05) is 43.6 Å². The Morgan fingerprint density at radius 3 is 2.80 bits per heavy atom. The molecule has 1 saturated heterocycles. The summed E-state index contributed by atoms with van der Waals surface area (Å²) in [6.45, 7) is 7.58. The van der Waals surface area contributed by atoms with Crippen LogP contribution < -0.4 is 9.80 Å². The summed E-state index contributed by atoms with van der Waals surface area (Å²) < 4.78 is 10.8. The van der Waals surface area contributed by atoms with E-state index in [0.29, 0.717) is 29.1 Å². The van der Waals surface area contributed by atoms with Gasteiger partial charge in [-0.05, 0) is 44.3 Å². The molecule has 3 aromatic heterocycles. The maximum absolute atomic E-state index is 12.4. The molecular formula is C20H26N6O3S. The lowest BCUT2D eigenvalue weighted by atomic mass is 9.97. The van der Waals surface area contributed by atoms with Crippen LogP contribution in [0.1, 0.15) is 52.6 Å². The summed E-state index contributed by atoms with van der Waals surface area (Å²) in [7, 11) is 3.78. The number of thiophene rings is 1. The number of esters is 1. The van der Waals surface area contributed by atoms with Crippen LogP contribution in [0.3, 0.4) is 0 Å². The van der Waals surface area contributed by atoms with E-state index in [1.807, 2.05) is 39.8 Å². The quantitative estimate of drug-likeness (QED) is 0.565. The van der Waals surface area contributed by atoms with E-state index in [2.05, 4.69) is 20.0 Å². The topological polar surface area (TPSA) is 97.5 Å². The maximum atomic E-state index is 12.4. The zero-order valence-corrected chi connectivity index (χ0v) is 18.7. The highest BCUT2D eigenvalue weighted by Gasteiger charge is 2.30. The molecule has 0 bridgehead atoms. The Labute approximate surface area is 179 Å². The second-order valence-corrected chi connectivity index (χ2v) is 8.66. The summed E-state index contributed by atoms with van der Waals surface area (Å²) in [4.78, 5) is 31.8. The second kappa shape index (κ2) is 8.17. The van der Waals surface area contributed by atoms with E-state index >= 15 is 0 Å². The van der Waals surface area contributed by atoms with Crippen molar-refractivity contribution in [2.24, 2.45) is 0 Å². The smallest absolute Gasteiger partial charge is 0.348 e. The number of rotatable bonds is 5. The van der Waals surface area contributed by atoms with Gasteiger partial charge in [0.15, 0.2) is 0 Å². The van der Waals surface area contributed by atoms with Crippen LogP contribution in [0.5, 0.6) is 0 Å². The highest BCUT2D eigenvalue weighted by molar-refractivity contribution is 7.20. The summed E-state index contributed by atoms with van der Waals surface area (Å²) in [5, 5.41) is 4.98. The minimum Gasteiger partial charge on any atom is -0.462 e. The van der Waals surface area contributed by atoms with Crippen molar-refractivity contribution in [3.05, 3.63) is 22.2 Å². The van der Waals surface area contributed by atoms with Crippen LogP contribution in [0, 0.1) is 13.8 Å². The van der Waals surface area contributed by atoms with Gasteiger partial charge in [-0.1, -0.05) is 0 Å². The Hall–Kier alpha value is -2.75. The van der Waals surface area contributed by atoms with Gasteiger partial charge in [-0.15, -0.1) is 11.3 Å². The number of nitrogens with zero attached hydrogens (tertiary/aromatic N) is 6. The molecule has 1 aliphatic heterocycles. The lowest BCUT2D eigenvalue weighted by Crippen LogP contribution is -2.35. The van der Waals surface area contributed by atoms with Crippen LogP contribution in [0.2, 0.25) is 0 Å². The minimum absolute atomic E-state index is 0.133. The average molecular weight is 431 g/mol. The fraction of sp³-hybridized carbons (Fsp3) is 0.550. The molecule has 1 atom stereocenters. The van der Waals surface area contributed by atoms with Crippen molar-refractivity contribution >= 4 is 39.3 Å². The molecular weight excluding hydrogens is 404 g/mol. The normalized spacial score (nSPS) is 16.8. The van der Waals surface area contributed by atoms with E-state index in [-0.39, 0.29) is 11.9 Å². The molecule has 0 amide bonds. The van der Waals surface area contributed by atoms with Gasteiger partial charge in [0, 0.05) is 27.2 Å². The predicted molar refractivity (Wildman–Crippen MR) is 116 cm³/mol. The van der Waals surface area contributed by atoms with E-state index in [1.165, 1.54) is 11.3 Å². The monoisotopic (exact) mass is 430 g/mol. The largest absolute Gasteiger partial charge is 0.462 e. The Bertz CT molecular complexity index is 1080. The number of anilines is 2. The first-order valence-corrected chi connectivity index (χ1v) is 10.9. The molecule has 30 heavy (non-hydrogen) atoms. The van der Waals surface area contributed by atoms with Crippen molar-refractivity contribution in [3.8, 4) is 0 Å². The van der Waals surface area contributed by atoms with Gasteiger partial charge >= 0.3 is 5.97 Å². The standard InChI is InChI=1S/C20H26N6O3S/c1-6-28-19(27)15-11(2)14-16(21-12(3)22-18(14)30-15)26-9-7-8-13(10-26)17-23-20(24-29-17)25(4)5/h13H,6-10H2,1-5H3. The van der Waals surface area contributed by atoms with Gasteiger partial charge in [0.05, 0.1) is 17.9 Å². The van der Waals surface area contributed by atoms with Crippen molar-refractivity contribution in [2.45, 2.75) is 39.5 Å². The van der Waals surface area contributed by atoms with Crippen molar-refractivity contribution in [1.82, 2.24) is 20.1 Å². The molecule has 4 rings (SSSR count). The number of carbonyl (C=O) groups excluding carboxylic acids is 1. The molecule has 0 radical (unpaired) electrons.